The van der Waals surface area contributed by atoms with Gasteiger partial charge in [-0.25, -0.2) is 4.98 Å². The second kappa shape index (κ2) is 6.28. The van der Waals surface area contributed by atoms with Crippen LogP contribution in [-0.4, -0.2) is 34.8 Å². The van der Waals surface area contributed by atoms with Gasteiger partial charge in [0.25, 0.3) is 0 Å². The Hall–Kier alpha value is -1.23. The molecule has 0 aromatic carbocycles. The van der Waals surface area contributed by atoms with Crippen molar-refractivity contribution in [2.24, 2.45) is 5.41 Å². The van der Waals surface area contributed by atoms with Gasteiger partial charge in [0.2, 0.25) is 5.95 Å². The van der Waals surface area contributed by atoms with Crippen LogP contribution >= 0.6 is 0 Å². The van der Waals surface area contributed by atoms with Gasteiger partial charge in [0, 0.05) is 6.54 Å². The van der Waals surface area contributed by atoms with Gasteiger partial charge in [-0.1, -0.05) is 20.8 Å². The van der Waals surface area contributed by atoms with Crippen molar-refractivity contribution in [1.82, 2.24) is 20.5 Å². The molecule has 1 aliphatic heterocycles. The Kier molecular flexibility index (Phi) is 4.69. The molecule has 1 saturated heterocycles. The van der Waals surface area contributed by atoms with Crippen molar-refractivity contribution in [3.05, 3.63) is 11.4 Å². The van der Waals surface area contributed by atoms with Crippen molar-refractivity contribution < 1.29 is 0 Å². The lowest BCUT2D eigenvalue weighted by atomic mass is 9.81. The lowest BCUT2D eigenvalue weighted by Crippen LogP contribution is -2.39. The summed E-state index contributed by atoms with van der Waals surface area (Å²) in [4.78, 5) is 4.58. The van der Waals surface area contributed by atoms with Crippen molar-refractivity contribution in [1.29, 1.82) is 0 Å². The lowest BCUT2D eigenvalue weighted by Gasteiger charge is -2.34. The fourth-order valence-electron chi connectivity index (χ4n) is 2.51. The predicted molar refractivity (Wildman–Crippen MR) is 77.3 cm³/mol. The average Bonchev–Trinajstić information content (AvgIpc) is 2.45. The van der Waals surface area contributed by atoms with Gasteiger partial charge in [-0.2, -0.15) is 5.10 Å². The van der Waals surface area contributed by atoms with Gasteiger partial charge in [0.05, 0.1) is 11.4 Å². The smallest absolute Gasteiger partial charge is 0.242 e. The van der Waals surface area contributed by atoms with E-state index in [0.717, 1.165) is 43.9 Å². The molecule has 0 spiro atoms. The van der Waals surface area contributed by atoms with Crippen LogP contribution < -0.4 is 10.6 Å². The maximum Gasteiger partial charge on any atom is 0.242 e. The monoisotopic (exact) mass is 263 g/mol. The fourth-order valence-corrected chi connectivity index (χ4v) is 2.51. The van der Waals surface area contributed by atoms with Gasteiger partial charge in [0.15, 0.2) is 0 Å². The number of aryl methyl sites for hydroxylation is 2. The molecule has 2 rings (SSSR count). The van der Waals surface area contributed by atoms with Crippen LogP contribution in [0.5, 0.6) is 0 Å². The van der Waals surface area contributed by atoms with Gasteiger partial charge in [-0.15, -0.1) is 5.10 Å². The van der Waals surface area contributed by atoms with Crippen molar-refractivity contribution in [2.45, 2.75) is 46.5 Å². The van der Waals surface area contributed by atoms with Crippen molar-refractivity contribution in [3.8, 4) is 0 Å². The molecule has 19 heavy (non-hydrogen) atoms. The zero-order valence-electron chi connectivity index (χ0n) is 12.3. The molecule has 1 aliphatic rings. The Morgan fingerprint density at radius 3 is 2.42 bits per heavy atom. The minimum Gasteiger partial charge on any atom is -0.352 e. The van der Waals surface area contributed by atoms with Gasteiger partial charge >= 0.3 is 0 Å². The molecule has 0 amide bonds. The standard InChI is InChI=1S/C14H25N5/c1-4-11-12(5-2)18-19-13(17-11)16-10-14(3)6-8-15-9-7-14/h15H,4-10H2,1-3H3,(H,16,17,19). The van der Waals surface area contributed by atoms with Crippen LogP contribution in [0, 0.1) is 5.41 Å². The summed E-state index contributed by atoms with van der Waals surface area (Å²) >= 11 is 0. The summed E-state index contributed by atoms with van der Waals surface area (Å²) < 4.78 is 0. The highest BCUT2D eigenvalue weighted by atomic mass is 15.2. The van der Waals surface area contributed by atoms with E-state index in [2.05, 4.69) is 46.6 Å². The summed E-state index contributed by atoms with van der Waals surface area (Å²) in [5.41, 5.74) is 2.42. The highest BCUT2D eigenvalue weighted by molar-refractivity contribution is 5.26. The van der Waals surface area contributed by atoms with Crippen molar-refractivity contribution in [3.63, 3.8) is 0 Å². The number of aromatic nitrogens is 3. The number of piperidine rings is 1. The first-order valence-electron chi connectivity index (χ1n) is 7.34. The fraction of sp³-hybridized carbons (Fsp3) is 0.786. The number of rotatable bonds is 5. The van der Waals surface area contributed by atoms with E-state index in [4.69, 9.17) is 0 Å². The third-order valence-electron chi connectivity index (χ3n) is 3.99. The van der Waals surface area contributed by atoms with Crippen molar-refractivity contribution >= 4 is 5.95 Å². The Morgan fingerprint density at radius 2 is 1.79 bits per heavy atom. The van der Waals surface area contributed by atoms with Crippen LogP contribution in [0.4, 0.5) is 5.95 Å². The zero-order chi connectivity index (χ0) is 13.7. The first-order valence-corrected chi connectivity index (χ1v) is 7.34. The Labute approximate surface area is 115 Å². The van der Waals surface area contributed by atoms with E-state index < -0.39 is 0 Å². The second-order valence-corrected chi connectivity index (χ2v) is 5.65. The molecule has 0 saturated carbocycles. The normalized spacial score (nSPS) is 18.3. The summed E-state index contributed by atoms with van der Waals surface area (Å²) in [5.74, 6) is 0.675. The third kappa shape index (κ3) is 3.62. The maximum absolute atomic E-state index is 4.58. The second-order valence-electron chi connectivity index (χ2n) is 5.65. The summed E-state index contributed by atoms with van der Waals surface area (Å²) in [6.45, 7) is 9.66. The molecule has 2 N–H and O–H groups in total. The Bertz CT molecular complexity index is 412. The highest BCUT2D eigenvalue weighted by Crippen LogP contribution is 2.27. The van der Waals surface area contributed by atoms with Crippen LogP contribution in [0.15, 0.2) is 0 Å². The Balaban J connectivity index is 1.99. The summed E-state index contributed by atoms with van der Waals surface area (Å²) in [5, 5.41) is 15.2. The first-order chi connectivity index (χ1) is 9.17. The third-order valence-corrected chi connectivity index (χ3v) is 3.99. The van der Waals surface area contributed by atoms with Crippen LogP contribution in [0.2, 0.25) is 0 Å². The van der Waals surface area contributed by atoms with E-state index in [0.29, 0.717) is 11.4 Å². The predicted octanol–water partition coefficient (Wildman–Crippen LogP) is 1.80. The molecule has 0 aliphatic carbocycles. The molecule has 106 valence electrons. The van der Waals surface area contributed by atoms with Gasteiger partial charge in [-0.3, -0.25) is 0 Å². The molecule has 1 fully saturated rings. The molecular formula is C14H25N5. The van der Waals surface area contributed by atoms with Crippen LogP contribution in [0.1, 0.15) is 45.0 Å². The summed E-state index contributed by atoms with van der Waals surface area (Å²) in [6.07, 6.45) is 4.20. The average molecular weight is 263 g/mol. The van der Waals surface area contributed by atoms with E-state index in [1.807, 2.05) is 0 Å². The summed E-state index contributed by atoms with van der Waals surface area (Å²) in [6, 6.07) is 0. The van der Waals surface area contributed by atoms with E-state index in [9.17, 15) is 0 Å². The largest absolute Gasteiger partial charge is 0.352 e. The van der Waals surface area contributed by atoms with Gasteiger partial charge < -0.3 is 10.6 Å². The lowest BCUT2D eigenvalue weighted by molar-refractivity contribution is 0.247. The molecule has 0 radical (unpaired) electrons. The molecule has 5 nitrogen and oxygen atoms in total. The molecule has 1 aromatic heterocycles. The van der Waals surface area contributed by atoms with Crippen LogP contribution in [-0.2, 0) is 12.8 Å². The van der Waals surface area contributed by atoms with Crippen molar-refractivity contribution in [2.75, 3.05) is 25.0 Å². The van der Waals surface area contributed by atoms with E-state index >= 15 is 0 Å². The number of anilines is 1. The highest BCUT2D eigenvalue weighted by Gasteiger charge is 2.26. The Morgan fingerprint density at radius 1 is 1.11 bits per heavy atom. The SMILES string of the molecule is CCc1nnc(NCC2(C)CCNCC2)nc1CC. The molecule has 0 bridgehead atoms. The van der Waals surface area contributed by atoms with Gasteiger partial charge in [0.1, 0.15) is 0 Å². The first kappa shape index (κ1) is 14.2. The van der Waals surface area contributed by atoms with E-state index in [1.165, 1.54) is 12.8 Å². The molecule has 0 atom stereocenters. The minimum atomic E-state index is 0.338. The molecule has 2 heterocycles. The number of hydrogen-bond donors (Lipinski definition) is 2. The van der Waals surface area contributed by atoms with Crippen LogP contribution in [0.3, 0.4) is 0 Å². The molecular weight excluding hydrogens is 238 g/mol. The summed E-state index contributed by atoms with van der Waals surface area (Å²) in [7, 11) is 0. The topological polar surface area (TPSA) is 62.7 Å². The van der Waals surface area contributed by atoms with E-state index in [1.54, 1.807) is 0 Å². The zero-order valence-corrected chi connectivity index (χ0v) is 12.3. The number of nitrogens with one attached hydrogen (secondary N) is 2. The number of nitrogens with zero attached hydrogens (tertiary/aromatic N) is 3. The maximum atomic E-state index is 4.58. The molecule has 1 aromatic rings. The molecule has 0 unspecified atom stereocenters. The quantitative estimate of drug-likeness (QED) is 0.848. The molecule has 5 heteroatoms. The van der Waals surface area contributed by atoms with Crippen LogP contribution in [0.25, 0.3) is 0 Å². The van der Waals surface area contributed by atoms with Gasteiger partial charge in [-0.05, 0) is 44.2 Å². The van der Waals surface area contributed by atoms with E-state index in [-0.39, 0.29) is 0 Å². The minimum absolute atomic E-state index is 0.338. The number of hydrogen-bond acceptors (Lipinski definition) is 5.